The summed E-state index contributed by atoms with van der Waals surface area (Å²) in [4.78, 5) is 26.6. The Morgan fingerprint density at radius 1 is 1.33 bits per heavy atom. The van der Waals surface area contributed by atoms with E-state index in [0.717, 1.165) is 12.1 Å². The number of hydrogen-bond acceptors (Lipinski definition) is 4. The molecule has 2 atom stereocenters. The number of hydrogen-bond donors (Lipinski definition) is 1. The fraction of sp³-hybridized carbons (Fsp3) is 0.421. The van der Waals surface area contributed by atoms with Gasteiger partial charge in [-0.2, -0.15) is 4.39 Å². The Bertz CT molecular complexity index is 848. The molecule has 0 bridgehead atoms. The zero-order valence-electron chi connectivity index (χ0n) is 15.3. The minimum absolute atomic E-state index is 0.168. The molecule has 0 radical (unpaired) electrons. The molecule has 1 fully saturated rings. The van der Waals surface area contributed by atoms with Crippen molar-refractivity contribution in [2.24, 2.45) is 5.92 Å². The van der Waals surface area contributed by atoms with Crippen molar-refractivity contribution < 1.29 is 22.9 Å². The minimum Gasteiger partial charge on any atom is -0.352 e. The van der Waals surface area contributed by atoms with Crippen LogP contribution in [0.1, 0.15) is 37.7 Å². The fourth-order valence-electron chi connectivity index (χ4n) is 3.18. The molecule has 1 aromatic heterocycles. The van der Waals surface area contributed by atoms with E-state index < -0.39 is 29.3 Å². The number of benzene rings is 1. The topological polar surface area (TPSA) is 75.4 Å². The third kappa shape index (κ3) is 3.84. The first kappa shape index (κ1) is 19.0. The first-order valence-corrected chi connectivity index (χ1v) is 8.80. The Morgan fingerprint density at radius 3 is 2.63 bits per heavy atom. The number of carbonyl (C=O) groups is 2. The van der Waals surface area contributed by atoms with Crippen molar-refractivity contribution >= 4 is 11.8 Å². The van der Waals surface area contributed by atoms with E-state index in [4.69, 9.17) is 4.52 Å². The van der Waals surface area contributed by atoms with E-state index in [1.54, 1.807) is 6.92 Å². The lowest BCUT2D eigenvalue weighted by molar-refractivity contribution is -0.129. The third-order valence-corrected chi connectivity index (χ3v) is 4.44. The molecule has 0 spiro atoms. The van der Waals surface area contributed by atoms with Gasteiger partial charge in [-0.25, -0.2) is 4.39 Å². The molecule has 8 heteroatoms. The van der Waals surface area contributed by atoms with Crippen LogP contribution in [0.5, 0.6) is 0 Å². The fourth-order valence-corrected chi connectivity index (χ4v) is 3.18. The number of rotatable bonds is 4. The lowest BCUT2D eigenvalue weighted by Gasteiger charge is -2.38. The summed E-state index contributed by atoms with van der Waals surface area (Å²) in [6, 6.07) is 4.05. The predicted octanol–water partition coefficient (Wildman–Crippen LogP) is 3.00. The van der Waals surface area contributed by atoms with Crippen molar-refractivity contribution in [3.63, 3.8) is 0 Å². The summed E-state index contributed by atoms with van der Waals surface area (Å²) in [5.74, 6) is -2.43. The maximum atomic E-state index is 14.8. The predicted molar refractivity (Wildman–Crippen MR) is 93.7 cm³/mol. The normalized spacial score (nSPS) is 20.1. The van der Waals surface area contributed by atoms with Crippen LogP contribution in [0.15, 0.2) is 28.8 Å². The van der Waals surface area contributed by atoms with Crippen molar-refractivity contribution in [2.75, 3.05) is 6.54 Å². The molecule has 1 aliphatic rings. The van der Waals surface area contributed by atoms with Gasteiger partial charge < -0.3 is 14.7 Å². The van der Waals surface area contributed by atoms with Gasteiger partial charge in [0.2, 0.25) is 23.2 Å². The first-order chi connectivity index (χ1) is 12.8. The van der Waals surface area contributed by atoms with Crippen LogP contribution in [-0.4, -0.2) is 40.5 Å². The highest BCUT2D eigenvalue weighted by atomic mass is 19.1. The van der Waals surface area contributed by atoms with Crippen molar-refractivity contribution in [1.82, 2.24) is 15.4 Å². The molecule has 1 saturated heterocycles. The van der Waals surface area contributed by atoms with Gasteiger partial charge in [-0.1, -0.05) is 19.0 Å². The number of amides is 2. The van der Waals surface area contributed by atoms with E-state index in [1.807, 2.05) is 13.8 Å². The SMILES string of the molecule is CC(C)CC1C(=O)NC(C)CN1C(=O)c1noc(-c2ccc(F)cc2)c1F. The number of piperazine rings is 1. The summed E-state index contributed by atoms with van der Waals surface area (Å²) in [5, 5.41) is 6.40. The Hall–Kier alpha value is -2.77. The van der Waals surface area contributed by atoms with Crippen LogP contribution < -0.4 is 5.32 Å². The molecule has 2 amide bonds. The molecule has 0 aliphatic carbocycles. The Labute approximate surface area is 155 Å². The van der Waals surface area contributed by atoms with E-state index in [2.05, 4.69) is 10.5 Å². The highest BCUT2D eigenvalue weighted by Crippen LogP contribution is 2.27. The van der Waals surface area contributed by atoms with Gasteiger partial charge in [0.15, 0.2) is 0 Å². The summed E-state index contributed by atoms with van der Waals surface area (Å²) < 4.78 is 32.9. The third-order valence-electron chi connectivity index (χ3n) is 4.44. The van der Waals surface area contributed by atoms with Gasteiger partial charge in [-0.15, -0.1) is 0 Å². The standard InChI is InChI=1S/C19H21F2N3O3/c1-10(2)8-14-18(25)22-11(3)9-24(14)19(26)16-15(21)17(27-23-16)12-4-6-13(20)7-5-12/h4-7,10-11,14H,8-9H2,1-3H3,(H,22,25). The molecule has 144 valence electrons. The molecule has 27 heavy (non-hydrogen) atoms. The summed E-state index contributed by atoms with van der Waals surface area (Å²) in [5.41, 5.74) is -0.214. The van der Waals surface area contributed by atoms with Gasteiger partial charge in [0.25, 0.3) is 5.91 Å². The maximum Gasteiger partial charge on any atom is 0.279 e. The van der Waals surface area contributed by atoms with Crippen LogP contribution in [0.4, 0.5) is 8.78 Å². The monoisotopic (exact) mass is 377 g/mol. The lowest BCUT2D eigenvalue weighted by atomic mass is 9.98. The molecular weight excluding hydrogens is 356 g/mol. The second-order valence-electron chi connectivity index (χ2n) is 7.19. The average Bonchev–Trinajstić information content (AvgIpc) is 2.98. The largest absolute Gasteiger partial charge is 0.352 e. The zero-order chi connectivity index (χ0) is 19.7. The number of carbonyl (C=O) groups excluding carboxylic acids is 2. The Balaban J connectivity index is 1.92. The molecule has 0 saturated carbocycles. The molecule has 2 aromatic rings. The Morgan fingerprint density at radius 2 is 2.00 bits per heavy atom. The highest BCUT2D eigenvalue weighted by Gasteiger charge is 2.39. The van der Waals surface area contributed by atoms with Gasteiger partial charge >= 0.3 is 0 Å². The molecular formula is C19H21F2N3O3. The van der Waals surface area contributed by atoms with E-state index >= 15 is 0 Å². The number of nitrogens with zero attached hydrogens (tertiary/aromatic N) is 2. The van der Waals surface area contributed by atoms with Crippen LogP contribution in [0.2, 0.25) is 0 Å². The summed E-state index contributed by atoms with van der Waals surface area (Å²) in [6.45, 7) is 5.90. The molecule has 1 N–H and O–H groups in total. The quantitative estimate of drug-likeness (QED) is 0.889. The van der Waals surface area contributed by atoms with Crippen molar-refractivity contribution in [2.45, 2.75) is 39.3 Å². The van der Waals surface area contributed by atoms with Gasteiger partial charge in [0.1, 0.15) is 11.9 Å². The molecule has 2 heterocycles. The van der Waals surface area contributed by atoms with Crippen LogP contribution in [0.3, 0.4) is 0 Å². The van der Waals surface area contributed by atoms with Gasteiger partial charge in [-0.05, 0) is 43.5 Å². The number of halogens is 2. The minimum atomic E-state index is -0.923. The van der Waals surface area contributed by atoms with Crippen LogP contribution in [-0.2, 0) is 4.79 Å². The molecule has 6 nitrogen and oxygen atoms in total. The highest BCUT2D eigenvalue weighted by molar-refractivity contribution is 5.97. The summed E-state index contributed by atoms with van der Waals surface area (Å²) in [6.07, 6.45) is 0.453. The maximum absolute atomic E-state index is 14.8. The average molecular weight is 377 g/mol. The van der Waals surface area contributed by atoms with Gasteiger partial charge in [-0.3, -0.25) is 9.59 Å². The van der Waals surface area contributed by atoms with Crippen LogP contribution in [0, 0.1) is 17.6 Å². The van der Waals surface area contributed by atoms with Crippen molar-refractivity contribution in [3.8, 4) is 11.3 Å². The van der Waals surface area contributed by atoms with Crippen LogP contribution >= 0.6 is 0 Å². The zero-order valence-corrected chi connectivity index (χ0v) is 15.3. The van der Waals surface area contributed by atoms with E-state index in [-0.39, 0.29) is 35.7 Å². The number of nitrogens with one attached hydrogen (secondary N) is 1. The van der Waals surface area contributed by atoms with Crippen molar-refractivity contribution in [3.05, 3.63) is 41.6 Å². The molecule has 2 unspecified atom stereocenters. The van der Waals surface area contributed by atoms with E-state index in [9.17, 15) is 18.4 Å². The van der Waals surface area contributed by atoms with Crippen LogP contribution in [0.25, 0.3) is 11.3 Å². The van der Waals surface area contributed by atoms with Gasteiger partial charge in [0.05, 0.1) is 0 Å². The molecule has 1 aliphatic heterocycles. The van der Waals surface area contributed by atoms with Gasteiger partial charge in [0, 0.05) is 18.2 Å². The van der Waals surface area contributed by atoms with E-state index in [0.29, 0.717) is 6.42 Å². The lowest BCUT2D eigenvalue weighted by Crippen LogP contribution is -2.61. The van der Waals surface area contributed by atoms with Crippen molar-refractivity contribution in [1.29, 1.82) is 0 Å². The Kier molecular flexibility index (Phi) is 5.25. The summed E-state index contributed by atoms with van der Waals surface area (Å²) in [7, 11) is 0. The molecule has 1 aromatic carbocycles. The summed E-state index contributed by atoms with van der Waals surface area (Å²) >= 11 is 0. The second-order valence-corrected chi connectivity index (χ2v) is 7.19. The first-order valence-electron chi connectivity index (χ1n) is 8.80. The second kappa shape index (κ2) is 7.46. The number of aromatic nitrogens is 1. The van der Waals surface area contributed by atoms with E-state index in [1.165, 1.54) is 17.0 Å². The molecule has 3 rings (SSSR count). The smallest absolute Gasteiger partial charge is 0.279 e.